The lowest BCUT2D eigenvalue weighted by Gasteiger charge is -2.71. The van der Waals surface area contributed by atoms with E-state index in [1.807, 2.05) is 24.3 Å². The van der Waals surface area contributed by atoms with Crippen molar-refractivity contribution in [1.82, 2.24) is 10.6 Å². The number of hydrogen-bond donors (Lipinski definition) is 2. The summed E-state index contributed by atoms with van der Waals surface area (Å²) >= 11 is 0. The smallest absolute Gasteiger partial charge is 0.258 e. The molecule has 1 aromatic rings. The molecule has 1 aromatic carbocycles. The van der Waals surface area contributed by atoms with Gasteiger partial charge in [0, 0.05) is 17.1 Å². The fourth-order valence-electron chi connectivity index (χ4n) is 6.00. The number of amides is 1. The summed E-state index contributed by atoms with van der Waals surface area (Å²) in [7, 11) is 0. The normalized spacial score (nSPS) is 28.9. The lowest BCUT2D eigenvalue weighted by Crippen LogP contribution is -2.84. The van der Waals surface area contributed by atoms with E-state index in [4.69, 9.17) is 4.74 Å². The Labute approximate surface area is 186 Å². The maximum atomic E-state index is 12.6. The van der Waals surface area contributed by atoms with Crippen molar-refractivity contribution in [2.24, 2.45) is 0 Å². The Balaban J connectivity index is 1.08. The molecule has 5 aliphatic carbocycles. The molecule has 0 aliphatic heterocycles. The molecule has 5 aliphatic rings. The monoisotopic (exact) mass is 420 g/mol. The minimum Gasteiger partial charge on any atom is -0.484 e. The maximum Gasteiger partial charge on any atom is 0.258 e. The average molecular weight is 421 g/mol. The van der Waals surface area contributed by atoms with Crippen molar-refractivity contribution in [3.05, 3.63) is 53.6 Å². The van der Waals surface area contributed by atoms with E-state index < -0.39 is 0 Å². The highest BCUT2D eigenvalue weighted by Crippen LogP contribution is 2.60. The topological polar surface area (TPSA) is 50.4 Å². The number of nitrogens with one attached hydrogen (secondary N) is 2. The van der Waals surface area contributed by atoms with E-state index in [9.17, 15) is 4.79 Å². The number of fused-ring (bicyclic) bond motifs is 1. The van der Waals surface area contributed by atoms with Gasteiger partial charge in [0.25, 0.3) is 5.91 Å². The van der Waals surface area contributed by atoms with E-state index in [2.05, 4.69) is 28.8 Å². The predicted octanol–water partition coefficient (Wildman–Crippen LogP) is 4.98. The number of carbonyl (C=O) groups is 1. The second-order valence-corrected chi connectivity index (χ2v) is 10.3. The SMILES string of the molecule is O=C(COc1ccccccc2c(c1)C2)NC12CC(NC3CCCCCCCC3)(C1)C2. The molecule has 4 saturated carbocycles. The first-order chi connectivity index (χ1) is 15.1. The van der Waals surface area contributed by atoms with E-state index in [0.29, 0.717) is 11.6 Å². The second-order valence-electron chi connectivity index (χ2n) is 10.3. The average Bonchev–Trinajstić information content (AvgIpc) is 3.42. The Morgan fingerprint density at radius 2 is 1.55 bits per heavy atom. The van der Waals surface area contributed by atoms with E-state index in [1.165, 1.54) is 62.5 Å². The summed E-state index contributed by atoms with van der Waals surface area (Å²) in [4.78, 5) is 12.6. The van der Waals surface area contributed by atoms with E-state index >= 15 is 0 Å². The first kappa shape index (κ1) is 20.8. The van der Waals surface area contributed by atoms with Gasteiger partial charge in [-0.15, -0.1) is 0 Å². The molecule has 2 N–H and O–H groups in total. The van der Waals surface area contributed by atoms with Crippen LogP contribution < -0.4 is 15.4 Å². The molecule has 1 amide bonds. The zero-order valence-electron chi connectivity index (χ0n) is 18.6. The van der Waals surface area contributed by atoms with Crippen LogP contribution in [0.5, 0.6) is 5.75 Å². The highest BCUT2D eigenvalue weighted by molar-refractivity contribution is 5.79. The molecule has 166 valence electrons. The van der Waals surface area contributed by atoms with Crippen LogP contribution in [0.2, 0.25) is 0 Å². The third-order valence-corrected chi connectivity index (χ3v) is 7.55. The van der Waals surface area contributed by atoms with Crippen LogP contribution in [0.1, 0.15) is 81.8 Å². The molecule has 0 heterocycles. The van der Waals surface area contributed by atoms with Crippen molar-refractivity contribution in [2.75, 3.05) is 6.61 Å². The van der Waals surface area contributed by atoms with Crippen molar-refractivity contribution in [3.8, 4) is 5.75 Å². The van der Waals surface area contributed by atoms with Gasteiger partial charge in [-0.1, -0.05) is 68.9 Å². The first-order valence-corrected chi connectivity index (χ1v) is 12.3. The van der Waals surface area contributed by atoms with Crippen LogP contribution in [-0.4, -0.2) is 29.6 Å². The standard InChI is InChI=1S/C27H36N2O2/c30-25(17-31-24-14-10-6-5-7-11-21-15-22(21)16-24)29-27-18-26(19-27,20-27)28-23-12-8-3-1-2-4-9-13-23/h5-7,10-11,14,16,23,28H,1-4,8-9,12-13,15,17-20H2,(H,29,30). The van der Waals surface area contributed by atoms with E-state index in [1.54, 1.807) is 0 Å². The molecule has 0 saturated heterocycles. The number of rotatable bonds is 6. The summed E-state index contributed by atoms with van der Waals surface area (Å²) in [5, 5.41) is 7.26. The quantitative estimate of drug-likeness (QED) is 0.693. The van der Waals surface area contributed by atoms with Crippen LogP contribution in [0.4, 0.5) is 0 Å². The fourth-order valence-corrected chi connectivity index (χ4v) is 6.00. The highest BCUT2D eigenvalue weighted by Gasteiger charge is 2.68. The van der Waals surface area contributed by atoms with Crippen molar-refractivity contribution in [2.45, 2.75) is 94.2 Å². The molecular formula is C27H36N2O2. The Hall–Kier alpha value is -2.07. The summed E-state index contributed by atoms with van der Waals surface area (Å²) in [6.07, 6.45) is 15.2. The Morgan fingerprint density at radius 1 is 0.871 bits per heavy atom. The molecule has 0 atom stereocenters. The highest BCUT2D eigenvalue weighted by atomic mass is 16.5. The molecule has 0 spiro atoms. The largest absolute Gasteiger partial charge is 0.484 e. The molecule has 0 radical (unpaired) electrons. The van der Waals surface area contributed by atoms with Gasteiger partial charge in [-0.2, -0.15) is 0 Å². The van der Waals surface area contributed by atoms with Gasteiger partial charge in [0.2, 0.25) is 0 Å². The first-order valence-electron chi connectivity index (χ1n) is 12.3. The summed E-state index contributed by atoms with van der Waals surface area (Å²) in [5.41, 5.74) is 2.95. The fraction of sp³-hybridized carbons (Fsp3) is 0.593. The van der Waals surface area contributed by atoms with Gasteiger partial charge < -0.3 is 15.4 Å². The third kappa shape index (κ3) is 5.06. The van der Waals surface area contributed by atoms with Gasteiger partial charge in [-0.25, -0.2) is 0 Å². The molecule has 0 aromatic heterocycles. The van der Waals surface area contributed by atoms with Gasteiger partial charge in [0.15, 0.2) is 6.61 Å². The number of ether oxygens (including phenoxy) is 1. The van der Waals surface area contributed by atoms with Crippen molar-refractivity contribution < 1.29 is 9.53 Å². The van der Waals surface area contributed by atoms with Crippen LogP contribution in [0.15, 0.2) is 42.5 Å². The molecular weight excluding hydrogens is 384 g/mol. The lowest BCUT2D eigenvalue weighted by atomic mass is 9.44. The molecule has 4 nitrogen and oxygen atoms in total. The van der Waals surface area contributed by atoms with Gasteiger partial charge in [0.05, 0.1) is 0 Å². The molecule has 0 unspecified atom stereocenters. The summed E-state index contributed by atoms with van der Waals surface area (Å²) in [6, 6.07) is 14.8. The van der Waals surface area contributed by atoms with Crippen LogP contribution in [0, 0.1) is 0 Å². The minimum absolute atomic E-state index is 0.00238. The summed E-state index contributed by atoms with van der Waals surface area (Å²) in [6.45, 7) is 0.0865. The van der Waals surface area contributed by atoms with Crippen LogP contribution in [0.3, 0.4) is 0 Å². The number of carbonyl (C=O) groups excluding carboxylic acids is 1. The lowest BCUT2D eigenvalue weighted by molar-refractivity contribution is -0.145. The molecule has 6 rings (SSSR count). The summed E-state index contributed by atoms with van der Waals surface area (Å²) in [5.74, 6) is 0.763. The van der Waals surface area contributed by atoms with E-state index in [-0.39, 0.29) is 18.1 Å². The van der Waals surface area contributed by atoms with Crippen molar-refractivity contribution in [1.29, 1.82) is 0 Å². The number of hydrogen-bond acceptors (Lipinski definition) is 3. The minimum atomic E-state index is 0.00238. The Morgan fingerprint density at radius 3 is 2.29 bits per heavy atom. The van der Waals surface area contributed by atoms with Gasteiger partial charge >= 0.3 is 0 Å². The van der Waals surface area contributed by atoms with Gasteiger partial charge in [0.1, 0.15) is 5.75 Å². The zero-order valence-corrected chi connectivity index (χ0v) is 18.6. The Bertz CT molecular complexity index is 849. The van der Waals surface area contributed by atoms with Gasteiger partial charge in [-0.05, 0) is 61.8 Å². The van der Waals surface area contributed by atoms with Crippen molar-refractivity contribution >= 4 is 5.91 Å². The van der Waals surface area contributed by atoms with E-state index in [0.717, 1.165) is 31.4 Å². The summed E-state index contributed by atoms with van der Waals surface area (Å²) < 4.78 is 5.84. The predicted molar refractivity (Wildman–Crippen MR) is 124 cm³/mol. The molecule has 2 bridgehead atoms. The second kappa shape index (κ2) is 8.82. The van der Waals surface area contributed by atoms with Crippen LogP contribution in [0.25, 0.3) is 0 Å². The van der Waals surface area contributed by atoms with Crippen LogP contribution >= 0.6 is 0 Å². The van der Waals surface area contributed by atoms with Gasteiger partial charge in [-0.3, -0.25) is 4.79 Å². The molecule has 4 heteroatoms. The third-order valence-electron chi connectivity index (χ3n) is 7.55. The van der Waals surface area contributed by atoms with Crippen LogP contribution in [-0.2, 0) is 11.2 Å². The molecule has 4 fully saturated rings. The maximum absolute atomic E-state index is 12.6. The molecule has 31 heavy (non-hydrogen) atoms. The zero-order chi connectivity index (χ0) is 21.2. The van der Waals surface area contributed by atoms with Crippen molar-refractivity contribution in [3.63, 3.8) is 0 Å². The Kier molecular flexibility index (Phi) is 5.92.